The number of alkyl halides is 3. The molecule has 0 saturated carbocycles. The van der Waals surface area contributed by atoms with E-state index in [9.17, 15) is 26.0 Å². The lowest BCUT2D eigenvalue weighted by Gasteiger charge is -2.20. The lowest BCUT2D eigenvalue weighted by Crippen LogP contribution is -2.32. The summed E-state index contributed by atoms with van der Waals surface area (Å²) in [5, 5.41) is 0. The molecule has 1 aliphatic rings. The summed E-state index contributed by atoms with van der Waals surface area (Å²) < 4.78 is 84.4. The normalized spacial score (nSPS) is 18.8. The van der Waals surface area contributed by atoms with Gasteiger partial charge in [0.15, 0.2) is 0 Å². The van der Waals surface area contributed by atoms with Gasteiger partial charge in [-0.1, -0.05) is 0 Å². The molecule has 0 radical (unpaired) electrons. The molecule has 1 aromatic carbocycles. The van der Waals surface area contributed by atoms with Crippen molar-refractivity contribution in [3.05, 3.63) is 54.1 Å². The van der Waals surface area contributed by atoms with Crippen LogP contribution in [0, 0.1) is 5.82 Å². The molecule has 0 N–H and O–H groups in total. The maximum absolute atomic E-state index is 13.2. The van der Waals surface area contributed by atoms with Crippen LogP contribution in [0.1, 0.15) is 12.0 Å². The Labute approximate surface area is 147 Å². The SMILES string of the molecule is O=S(=O)(c1ccc(F)cc1C(F)(F)F)N1CC[C@H](Oc2cccnc2)C1. The van der Waals surface area contributed by atoms with Gasteiger partial charge in [-0.05, 0) is 36.8 Å². The largest absolute Gasteiger partial charge is 0.487 e. The van der Waals surface area contributed by atoms with Crippen LogP contribution < -0.4 is 4.74 Å². The van der Waals surface area contributed by atoms with E-state index in [1.54, 1.807) is 18.3 Å². The average Bonchev–Trinajstić information content (AvgIpc) is 3.04. The smallest absolute Gasteiger partial charge is 0.417 e. The fraction of sp³-hybridized carbons (Fsp3) is 0.312. The predicted octanol–water partition coefficient (Wildman–Crippen LogP) is 3.08. The van der Waals surface area contributed by atoms with Gasteiger partial charge >= 0.3 is 6.18 Å². The number of hydrogen-bond donors (Lipinski definition) is 0. The number of ether oxygens (including phenoxy) is 1. The number of sulfonamides is 1. The fourth-order valence-corrected chi connectivity index (χ4v) is 4.39. The van der Waals surface area contributed by atoms with E-state index in [0.717, 1.165) is 4.31 Å². The van der Waals surface area contributed by atoms with Crippen molar-refractivity contribution in [3.63, 3.8) is 0 Å². The van der Waals surface area contributed by atoms with Crippen molar-refractivity contribution < 1.29 is 30.7 Å². The Kier molecular flexibility index (Phi) is 4.89. The second-order valence-corrected chi connectivity index (χ2v) is 7.62. The highest BCUT2D eigenvalue weighted by Crippen LogP contribution is 2.36. The Balaban J connectivity index is 1.84. The van der Waals surface area contributed by atoms with E-state index < -0.39 is 38.6 Å². The number of rotatable bonds is 4. The molecule has 5 nitrogen and oxygen atoms in total. The number of hydrogen-bond acceptors (Lipinski definition) is 4. The van der Waals surface area contributed by atoms with E-state index in [4.69, 9.17) is 4.74 Å². The summed E-state index contributed by atoms with van der Waals surface area (Å²) in [6.45, 7) is -0.103. The van der Waals surface area contributed by atoms with Crippen LogP contribution >= 0.6 is 0 Å². The zero-order valence-electron chi connectivity index (χ0n) is 13.3. The highest BCUT2D eigenvalue weighted by atomic mass is 32.2. The Bertz CT molecular complexity index is 888. The van der Waals surface area contributed by atoms with Crippen LogP contribution in [0.5, 0.6) is 5.75 Å². The molecule has 0 bridgehead atoms. The van der Waals surface area contributed by atoms with Crippen molar-refractivity contribution in [1.82, 2.24) is 9.29 Å². The summed E-state index contributed by atoms with van der Waals surface area (Å²) in [6.07, 6.45) is -2.18. The molecular weight excluding hydrogens is 376 g/mol. The van der Waals surface area contributed by atoms with Gasteiger partial charge in [0.25, 0.3) is 0 Å². The van der Waals surface area contributed by atoms with Crippen molar-refractivity contribution in [2.75, 3.05) is 13.1 Å². The maximum Gasteiger partial charge on any atom is 0.417 e. The molecule has 140 valence electrons. The summed E-state index contributed by atoms with van der Waals surface area (Å²) in [6, 6.07) is 4.82. The number of pyridine rings is 1. The molecular formula is C16H14F4N2O3S. The Morgan fingerprint density at radius 3 is 2.65 bits per heavy atom. The molecule has 1 aromatic heterocycles. The summed E-state index contributed by atoms with van der Waals surface area (Å²) in [5.74, 6) is -0.718. The number of aromatic nitrogens is 1. The standard InChI is InChI=1S/C16H14F4N2O3S/c17-11-3-4-15(14(8-11)16(18,19)20)26(23,24)22-7-5-13(10-22)25-12-2-1-6-21-9-12/h1-4,6,8-9,13H,5,7,10H2/t13-/m0/s1. The van der Waals surface area contributed by atoms with E-state index in [0.29, 0.717) is 24.3 Å². The minimum Gasteiger partial charge on any atom is -0.487 e. The molecule has 0 aliphatic carbocycles. The topological polar surface area (TPSA) is 59.5 Å². The van der Waals surface area contributed by atoms with Crippen LogP contribution in [0.15, 0.2) is 47.6 Å². The molecule has 2 heterocycles. The fourth-order valence-electron chi connectivity index (χ4n) is 2.71. The van der Waals surface area contributed by atoms with Crippen molar-refractivity contribution in [1.29, 1.82) is 0 Å². The van der Waals surface area contributed by atoms with Crippen molar-refractivity contribution in [3.8, 4) is 5.75 Å². The van der Waals surface area contributed by atoms with Gasteiger partial charge < -0.3 is 4.74 Å². The predicted molar refractivity (Wildman–Crippen MR) is 83.4 cm³/mol. The highest BCUT2D eigenvalue weighted by molar-refractivity contribution is 7.89. The molecule has 0 amide bonds. The van der Waals surface area contributed by atoms with Gasteiger partial charge in [0.05, 0.1) is 23.2 Å². The monoisotopic (exact) mass is 390 g/mol. The molecule has 0 unspecified atom stereocenters. The molecule has 3 rings (SSSR count). The third-order valence-corrected chi connectivity index (χ3v) is 5.83. The van der Waals surface area contributed by atoms with Gasteiger partial charge in [0.2, 0.25) is 10.0 Å². The average molecular weight is 390 g/mol. The van der Waals surface area contributed by atoms with Gasteiger partial charge in [-0.25, -0.2) is 12.8 Å². The van der Waals surface area contributed by atoms with Crippen LogP contribution in [0.25, 0.3) is 0 Å². The first-order chi connectivity index (χ1) is 12.2. The van der Waals surface area contributed by atoms with Crippen LogP contribution in [0.3, 0.4) is 0 Å². The third-order valence-electron chi connectivity index (χ3n) is 3.91. The first-order valence-corrected chi connectivity index (χ1v) is 9.05. The van der Waals surface area contributed by atoms with Gasteiger partial charge in [0.1, 0.15) is 17.7 Å². The number of benzene rings is 1. The molecule has 2 aromatic rings. The van der Waals surface area contributed by atoms with Crippen LogP contribution in [0.4, 0.5) is 17.6 Å². The molecule has 1 aliphatic heterocycles. The van der Waals surface area contributed by atoms with Gasteiger partial charge in [-0.2, -0.15) is 17.5 Å². The van der Waals surface area contributed by atoms with E-state index in [-0.39, 0.29) is 19.2 Å². The zero-order chi connectivity index (χ0) is 18.9. The lowest BCUT2D eigenvalue weighted by atomic mass is 10.2. The maximum atomic E-state index is 13.2. The molecule has 1 fully saturated rings. The Morgan fingerprint density at radius 2 is 2.00 bits per heavy atom. The van der Waals surface area contributed by atoms with Gasteiger partial charge in [0, 0.05) is 12.7 Å². The molecule has 26 heavy (non-hydrogen) atoms. The molecule has 1 saturated heterocycles. The van der Waals surface area contributed by atoms with Crippen LogP contribution in [0.2, 0.25) is 0 Å². The highest BCUT2D eigenvalue weighted by Gasteiger charge is 2.41. The zero-order valence-corrected chi connectivity index (χ0v) is 14.1. The van der Waals surface area contributed by atoms with Gasteiger partial charge in [-0.15, -0.1) is 0 Å². The van der Waals surface area contributed by atoms with E-state index in [2.05, 4.69) is 4.98 Å². The molecule has 10 heteroatoms. The minimum atomic E-state index is -4.99. The van der Waals surface area contributed by atoms with Crippen molar-refractivity contribution >= 4 is 10.0 Å². The summed E-state index contributed by atoms with van der Waals surface area (Å²) in [5.41, 5.74) is -1.52. The summed E-state index contributed by atoms with van der Waals surface area (Å²) in [4.78, 5) is 2.91. The molecule has 1 atom stereocenters. The third kappa shape index (κ3) is 3.80. The second kappa shape index (κ2) is 6.84. The Hall–Kier alpha value is -2.20. The van der Waals surface area contributed by atoms with Crippen molar-refractivity contribution in [2.24, 2.45) is 0 Å². The van der Waals surface area contributed by atoms with Gasteiger partial charge in [-0.3, -0.25) is 4.98 Å². The lowest BCUT2D eigenvalue weighted by molar-refractivity contribution is -0.140. The summed E-state index contributed by atoms with van der Waals surface area (Å²) in [7, 11) is -4.44. The van der Waals surface area contributed by atoms with E-state index in [1.165, 1.54) is 6.20 Å². The van der Waals surface area contributed by atoms with E-state index >= 15 is 0 Å². The first kappa shape index (κ1) is 18.6. The Morgan fingerprint density at radius 1 is 1.23 bits per heavy atom. The quantitative estimate of drug-likeness (QED) is 0.753. The van der Waals surface area contributed by atoms with Crippen LogP contribution in [-0.2, 0) is 16.2 Å². The number of nitrogens with zero attached hydrogens (tertiary/aromatic N) is 2. The van der Waals surface area contributed by atoms with E-state index in [1.807, 2.05) is 0 Å². The minimum absolute atomic E-state index is 0.00192. The van der Waals surface area contributed by atoms with Crippen LogP contribution in [-0.4, -0.2) is 36.9 Å². The first-order valence-electron chi connectivity index (χ1n) is 7.61. The molecule has 0 spiro atoms. The van der Waals surface area contributed by atoms with Crippen molar-refractivity contribution in [2.45, 2.75) is 23.6 Å². The second-order valence-electron chi connectivity index (χ2n) is 5.72. The summed E-state index contributed by atoms with van der Waals surface area (Å²) >= 11 is 0. The number of halogens is 4.